The number of carbonyl (C=O) groups is 2. The zero-order chi connectivity index (χ0) is 23.8. The molecule has 1 heterocycles. The molecule has 0 fully saturated rings. The summed E-state index contributed by atoms with van der Waals surface area (Å²) in [6, 6.07) is 15.6. The number of aryl methyl sites for hydroxylation is 1. The molecular formula is C22H20N4O7. The number of aromatic nitrogens is 2. The molecule has 11 heteroatoms. The number of anilines is 1. The SMILES string of the molecule is Cc1ccc(NC(=O)COC(=O)c2ccc(=O)n(CCOc3ccccc3)n2)cc1[N+](=O)[O-]. The Kier molecular flexibility index (Phi) is 7.47. The number of hydrogen-bond donors (Lipinski definition) is 1. The molecule has 170 valence electrons. The van der Waals surface area contributed by atoms with Crippen LogP contribution in [0.4, 0.5) is 11.4 Å². The predicted molar refractivity (Wildman–Crippen MR) is 117 cm³/mol. The number of nitrogens with one attached hydrogen (secondary N) is 1. The number of nitrogens with zero attached hydrogens (tertiary/aromatic N) is 3. The van der Waals surface area contributed by atoms with Crippen molar-refractivity contribution in [2.45, 2.75) is 13.5 Å². The third kappa shape index (κ3) is 6.47. The molecule has 0 saturated carbocycles. The molecule has 0 aliphatic heterocycles. The van der Waals surface area contributed by atoms with Crippen LogP contribution in [0.5, 0.6) is 5.75 Å². The average molecular weight is 452 g/mol. The molecule has 1 amide bonds. The Balaban J connectivity index is 1.55. The number of carbonyl (C=O) groups excluding carboxylic acids is 2. The summed E-state index contributed by atoms with van der Waals surface area (Å²) in [6.07, 6.45) is 0. The van der Waals surface area contributed by atoms with Crippen LogP contribution >= 0.6 is 0 Å². The lowest BCUT2D eigenvalue weighted by molar-refractivity contribution is -0.385. The van der Waals surface area contributed by atoms with Gasteiger partial charge in [-0.2, -0.15) is 5.10 Å². The van der Waals surface area contributed by atoms with Crippen LogP contribution in [0.1, 0.15) is 16.1 Å². The van der Waals surface area contributed by atoms with Crippen molar-refractivity contribution in [2.75, 3.05) is 18.5 Å². The number of nitro benzene ring substituents is 1. The van der Waals surface area contributed by atoms with Crippen LogP contribution in [0, 0.1) is 17.0 Å². The van der Waals surface area contributed by atoms with Crippen molar-refractivity contribution < 1.29 is 24.0 Å². The van der Waals surface area contributed by atoms with E-state index >= 15 is 0 Å². The van der Waals surface area contributed by atoms with Gasteiger partial charge in [0.1, 0.15) is 12.4 Å². The number of benzene rings is 2. The summed E-state index contributed by atoms with van der Waals surface area (Å²) >= 11 is 0. The average Bonchev–Trinajstić information content (AvgIpc) is 2.80. The molecule has 3 rings (SSSR count). The van der Waals surface area contributed by atoms with Crippen LogP contribution in [-0.4, -0.2) is 39.8 Å². The quantitative estimate of drug-likeness (QED) is 0.296. The first-order valence-corrected chi connectivity index (χ1v) is 9.81. The summed E-state index contributed by atoms with van der Waals surface area (Å²) in [4.78, 5) is 46.7. The highest BCUT2D eigenvalue weighted by Crippen LogP contribution is 2.22. The van der Waals surface area contributed by atoms with Gasteiger partial charge in [0.05, 0.1) is 11.5 Å². The van der Waals surface area contributed by atoms with Crippen LogP contribution in [0.2, 0.25) is 0 Å². The van der Waals surface area contributed by atoms with Gasteiger partial charge in [-0.3, -0.25) is 19.7 Å². The van der Waals surface area contributed by atoms with Crippen molar-refractivity contribution in [2.24, 2.45) is 0 Å². The number of rotatable bonds is 9. The second-order valence-corrected chi connectivity index (χ2v) is 6.82. The number of ether oxygens (including phenoxy) is 2. The monoisotopic (exact) mass is 452 g/mol. The van der Waals surface area contributed by atoms with E-state index in [1.165, 1.54) is 24.3 Å². The van der Waals surface area contributed by atoms with Crippen LogP contribution in [0.25, 0.3) is 0 Å². The lowest BCUT2D eigenvalue weighted by Gasteiger charge is -2.09. The number of nitro groups is 1. The summed E-state index contributed by atoms with van der Waals surface area (Å²) < 4.78 is 11.5. The summed E-state index contributed by atoms with van der Waals surface area (Å²) in [7, 11) is 0. The molecule has 3 aromatic rings. The van der Waals surface area contributed by atoms with Gasteiger partial charge in [0.2, 0.25) is 0 Å². The summed E-state index contributed by atoms with van der Waals surface area (Å²) in [5, 5.41) is 17.4. The van der Waals surface area contributed by atoms with E-state index in [4.69, 9.17) is 9.47 Å². The van der Waals surface area contributed by atoms with E-state index in [9.17, 15) is 24.5 Å². The fourth-order valence-electron chi connectivity index (χ4n) is 2.77. The van der Waals surface area contributed by atoms with Crippen molar-refractivity contribution in [3.8, 4) is 5.75 Å². The second kappa shape index (κ2) is 10.7. The fraction of sp³-hybridized carbons (Fsp3) is 0.182. The molecule has 1 aromatic heterocycles. The van der Waals surface area contributed by atoms with E-state index in [0.717, 1.165) is 10.7 Å². The molecular weight excluding hydrogens is 432 g/mol. The summed E-state index contributed by atoms with van der Waals surface area (Å²) in [5.41, 5.74) is -0.0965. The fourth-order valence-corrected chi connectivity index (χ4v) is 2.77. The van der Waals surface area contributed by atoms with E-state index < -0.39 is 29.0 Å². The maximum absolute atomic E-state index is 12.2. The van der Waals surface area contributed by atoms with E-state index in [0.29, 0.717) is 11.3 Å². The third-order valence-corrected chi connectivity index (χ3v) is 4.41. The lowest BCUT2D eigenvalue weighted by atomic mass is 10.2. The summed E-state index contributed by atoms with van der Waals surface area (Å²) in [5.74, 6) is -0.963. The van der Waals surface area contributed by atoms with Crippen molar-refractivity contribution >= 4 is 23.3 Å². The Bertz CT molecular complexity index is 1220. The van der Waals surface area contributed by atoms with Gasteiger partial charge in [0.25, 0.3) is 17.2 Å². The van der Waals surface area contributed by atoms with E-state index in [1.54, 1.807) is 19.1 Å². The minimum atomic E-state index is -0.905. The predicted octanol–water partition coefficient (Wildman–Crippen LogP) is 2.33. The first-order chi connectivity index (χ1) is 15.8. The molecule has 0 atom stereocenters. The van der Waals surface area contributed by atoms with Crippen molar-refractivity contribution in [3.05, 3.63) is 92.4 Å². The Hall–Kier alpha value is -4.54. The maximum Gasteiger partial charge on any atom is 0.359 e. The first kappa shape index (κ1) is 23.1. The molecule has 0 saturated heterocycles. The molecule has 0 bridgehead atoms. The number of hydrogen-bond acceptors (Lipinski definition) is 8. The van der Waals surface area contributed by atoms with Gasteiger partial charge in [-0.1, -0.05) is 24.3 Å². The normalized spacial score (nSPS) is 10.3. The topological polar surface area (TPSA) is 143 Å². The van der Waals surface area contributed by atoms with Gasteiger partial charge in [-0.05, 0) is 31.2 Å². The van der Waals surface area contributed by atoms with Gasteiger partial charge in [0.15, 0.2) is 12.3 Å². The first-order valence-electron chi connectivity index (χ1n) is 9.81. The lowest BCUT2D eigenvalue weighted by Crippen LogP contribution is -2.28. The molecule has 0 aliphatic rings. The molecule has 1 N–H and O–H groups in total. The Morgan fingerprint density at radius 3 is 2.61 bits per heavy atom. The second-order valence-electron chi connectivity index (χ2n) is 6.82. The number of amides is 1. The maximum atomic E-state index is 12.2. The van der Waals surface area contributed by atoms with Crippen LogP contribution < -0.4 is 15.6 Å². The molecule has 33 heavy (non-hydrogen) atoms. The van der Waals surface area contributed by atoms with E-state index in [1.807, 2.05) is 18.2 Å². The molecule has 11 nitrogen and oxygen atoms in total. The minimum Gasteiger partial charge on any atom is -0.492 e. The Labute approximate surface area is 187 Å². The van der Waals surface area contributed by atoms with Gasteiger partial charge in [-0.15, -0.1) is 0 Å². The van der Waals surface area contributed by atoms with Crippen molar-refractivity contribution in [1.29, 1.82) is 0 Å². The number of esters is 1. The Morgan fingerprint density at radius 1 is 1.12 bits per heavy atom. The van der Waals surface area contributed by atoms with Crippen LogP contribution in [0.15, 0.2) is 65.5 Å². The summed E-state index contributed by atoms with van der Waals surface area (Å²) in [6.45, 7) is 1.19. The van der Waals surface area contributed by atoms with Crippen molar-refractivity contribution in [3.63, 3.8) is 0 Å². The highest BCUT2D eigenvalue weighted by Gasteiger charge is 2.15. The molecule has 0 spiro atoms. The van der Waals surface area contributed by atoms with E-state index in [2.05, 4.69) is 10.4 Å². The number of para-hydroxylation sites is 1. The Morgan fingerprint density at radius 2 is 1.88 bits per heavy atom. The zero-order valence-corrected chi connectivity index (χ0v) is 17.6. The van der Waals surface area contributed by atoms with Gasteiger partial charge < -0.3 is 14.8 Å². The van der Waals surface area contributed by atoms with Gasteiger partial charge in [-0.25, -0.2) is 9.48 Å². The molecule has 0 unspecified atom stereocenters. The minimum absolute atomic E-state index is 0.0987. The van der Waals surface area contributed by atoms with Gasteiger partial charge >= 0.3 is 5.97 Å². The zero-order valence-electron chi connectivity index (χ0n) is 17.6. The smallest absolute Gasteiger partial charge is 0.359 e. The molecule has 2 aromatic carbocycles. The third-order valence-electron chi connectivity index (χ3n) is 4.41. The largest absolute Gasteiger partial charge is 0.492 e. The van der Waals surface area contributed by atoms with Crippen molar-refractivity contribution in [1.82, 2.24) is 9.78 Å². The molecule has 0 aliphatic carbocycles. The molecule has 0 radical (unpaired) electrons. The standard InChI is InChI=1S/C22H20N4O7/c1-15-7-8-16(13-19(15)26(30)31)23-20(27)14-33-22(29)18-9-10-21(28)25(24-18)11-12-32-17-5-3-2-4-6-17/h2-10,13H,11-12,14H2,1H3,(H,23,27). The highest BCUT2D eigenvalue weighted by molar-refractivity contribution is 5.95. The van der Waals surface area contributed by atoms with E-state index in [-0.39, 0.29) is 30.2 Å². The van der Waals surface area contributed by atoms with Crippen LogP contribution in [0.3, 0.4) is 0 Å². The van der Waals surface area contributed by atoms with Crippen LogP contribution in [-0.2, 0) is 16.1 Å². The highest BCUT2D eigenvalue weighted by atomic mass is 16.6. The van der Waals surface area contributed by atoms with Gasteiger partial charge in [0, 0.05) is 23.4 Å².